The zero-order valence-corrected chi connectivity index (χ0v) is 10.1. The van der Waals surface area contributed by atoms with Crippen LogP contribution in [0.3, 0.4) is 0 Å². The van der Waals surface area contributed by atoms with Gasteiger partial charge in [-0.15, -0.1) is 0 Å². The molecule has 0 aliphatic carbocycles. The van der Waals surface area contributed by atoms with Crippen molar-refractivity contribution in [1.29, 1.82) is 0 Å². The van der Waals surface area contributed by atoms with Crippen LogP contribution in [0, 0.1) is 0 Å². The van der Waals surface area contributed by atoms with Gasteiger partial charge in [0.05, 0.1) is 5.69 Å². The number of rotatable bonds is 4. The van der Waals surface area contributed by atoms with E-state index in [1.807, 2.05) is 6.07 Å². The SMILES string of the molecule is Oc1ccc(CC(O)N(O)c2ccccc2)cc1O. The number of nitrogens with zero attached hydrogens (tertiary/aromatic N) is 1. The van der Waals surface area contributed by atoms with Crippen molar-refractivity contribution in [2.75, 3.05) is 5.06 Å². The van der Waals surface area contributed by atoms with Crippen molar-refractivity contribution in [1.82, 2.24) is 0 Å². The molecule has 0 saturated carbocycles. The number of anilines is 1. The summed E-state index contributed by atoms with van der Waals surface area (Å²) in [5.41, 5.74) is 1.07. The van der Waals surface area contributed by atoms with E-state index in [0.29, 0.717) is 11.3 Å². The van der Waals surface area contributed by atoms with E-state index in [0.717, 1.165) is 5.06 Å². The van der Waals surface area contributed by atoms with Gasteiger partial charge in [-0.3, -0.25) is 5.21 Å². The number of phenols is 2. The zero-order chi connectivity index (χ0) is 13.8. The van der Waals surface area contributed by atoms with E-state index in [1.165, 1.54) is 12.1 Å². The second kappa shape index (κ2) is 5.60. The van der Waals surface area contributed by atoms with E-state index in [1.54, 1.807) is 30.3 Å². The number of benzene rings is 2. The standard InChI is InChI=1S/C14H15NO4/c16-12-7-6-10(8-13(12)17)9-14(18)15(19)11-4-2-1-3-5-11/h1-8,14,16-19H,9H2. The van der Waals surface area contributed by atoms with Gasteiger partial charge < -0.3 is 15.3 Å². The maximum absolute atomic E-state index is 9.92. The molecule has 0 fully saturated rings. The third-order valence-electron chi connectivity index (χ3n) is 2.76. The fraction of sp³-hybridized carbons (Fsp3) is 0.143. The number of aliphatic hydroxyl groups is 1. The van der Waals surface area contributed by atoms with Crippen molar-refractivity contribution < 1.29 is 20.5 Å². The zero-order valence-electron chi connectivity index (χ0n) is 10.1. The van der Waals surface area contributed by atoms with Crippen molar-refractivity contribution in [3.05, 3.63) is 54.1 Å². The summed E-state index contributed by atoms with van der Waals surface area (Å²) in [7, 11) is 0. The van der Waals surface area contributed by atoms with Gasteiger partial charge in [0.15, 0.2) is 17.7 Å². The van der Waals surface area contributed by atoms with E-state index in [4.69, 9.17) is 0 Å². The number of aliphatic hydroxyl groups excluding tert-OH is 1. The van der Waals surface area contributed by atoms with Gasteiger partial charge in [-0.2, -0.15) is 0 Å². The third kappa shape index (κ3) is 3.15. The van der Waals surface area contributed by atoms with Crippen molar-refractivity contribution in [2.24, 2.45) is 0 Å². The largest absolute Gasteiger partial charge is 0.504 e. The second-order valence-corrected chi connectivity index (χ2v) is 4.19. The van der Waals surface area contributed by atoms with Gasteiger partial charge in [0.2, 0.25) is 0 Å². The van der Waals surface area contributed by atoms with E-state index in [9.17, 15) is 20.5 Å². The van der Waals surface area contributed by atoms with E-state index < -0.39 is 6.23 Å². The summed E-state index contributed by atoms with van der Waals surface area (Å²) < 4.78 is 0. The first-order valence-corrected chi connectivity index (χ1v) is 5.80. The fourth-order valence-corrected chi connectivity index (χ4v) is 1.75. The van der Waals surface area contributed by atoms with Crippen molar-refractivity contribution in [3.8, 4) is 11.5 Å². The van der Waals surface area contributed by atoms with Crippen LogP contribution in [-0.2, 0) is 6.42 Å². The Kier molecular flexibility index (Phi) is 3.89. The van der Waals surface area contributed by atoms with Gasteiger partial charge in [-0.1, -0.05) is 24.3 Å². The monoisotopic (exact) mass is 261 g/mol. The molecule has 5 nitrogen and oxygen atoms in total. The summed E-state index contributed by atoms with van der Waals surface area (Å²) in [6.45, 7) is 0. The highest BCUT2D eigenvalue weighted by molar-refractivity contribution is 5.44. The van der Waals surface area contributed by atoms with Crippen LogP contribution in [0.2, 0.25) is 0 Å². The number of hydroxylamine groups is 1. The molecule has 2 rings (SSSR count). The van der Waals surface area contributed by atoms with Gasteiger partial charge in [-0.25, -0.2) is 5.06 Å². The number of aromatic hydroxyl groups is 2. The molecule has 0 radical (unpaired) electrons. The van der Waals surface area contributed by atoms with Crippen molar-refractivity contribution in [3.63, 3.8) is 0 Å². The minimum Gasteiger partial charge on any atom is -0.504 e. The average molecular weight is 261 g/mol. The molecule has 0 saturated heterocycles. The minimum atomic E-state index is -1.15. The topological polar surface area (TPSA) is 84.2 Å². The Balaban J connectivity index is 2.08. The lowest BCUT2D eigenvalue weighted by Crippen LogP contribution is -2.33. The van der Waals surface area contributed by atoms with Gasteiger partial charge in [-0.05, 0) is 29.8 Å². The smallest absolute Gasteiger partial charge is 0.157 e. The quantitative estimate of drug-likeness (QED) is 0.383. The Hall–Kier alpha value is -2.24. The normalized spacial score (nSPS) is 12.1. The minimum absolute atomic E-state index is 0.110. The maximum atomic E-state index is 9.92. The van der Waals surface area contributed by atoms with Crippen LogP contribution in [0.4, 0.5) is 5.69 Å². The highest BCUT2D eigenvalue weighted by Gasteiger charge is 2.15. The molecule has 0 amide bonds. The lowest BCUT2D eigenvalue weighted by Gasteiger charge is -2.23. The van der Waals surface area contributed by atoms with E-state index in [2.05, 4.69) is 0 Å². The average Bonchev–Trinajstić information content (AvgIpc) is 2.43. The maximum Gasteiger partial charge on any atom is 0.157 e. The lowest BCUT2D eigenvalue weighted by atomic mass is 10.1. The second-order valence-electron chi connectivity index (χ2n) is 4.19. The molecule has 0 bridgehead atoms. The van der Waals surface area contributed by atoms with Gasteiger partial charge in [0.25, 0.3) is 0 Å². The molecule has 0 spiro atoms. The van der Waals surface area contributed by atoms with E-state index in [-0.39, 0.29) is 17.9 Å². The summed E-state index contributed by atoms with van der Waals surface area (Å²) in [4.78, 5) is 0. The van der Waals surface area contributed by atoms with Crippen molar-refractivity contribution in [2.45, 2.75) is 12.6 Å². The highest BCUT2D eigenvalue weighted by Crippen LogP contribution is 2.26. The van der Waals surface area contributed by atoms with Crippen LogP contribution >= 0.6 is 0 Å². The first-order valence-electron chi connectivity index (χ1n) is 5.80. The Labute approximate surface area is 110 Å². The molecule has 0 aliphatic heterocycles. The molecule has 5 heteroatoms. The number of hydrogen-bond donors (Lipinski definition) is 4. The number of hydrogen-bond acceptors (Lipinski definition) is 5. The molecule has 2 aromatic rings. The first-order chi connectivity index (χ1) is 9.08. The van der Waals surface area contributed by atoms with Crippen LogP contribution in [0.1, 0.15) is 5.56 Å². The van der Waals surface area contributed by atoms with E-state index >= 15 is 0 Å². The Bertz CT molecular complexity index is 544. The summed E-state index contributed by atoms with van der Waals surface area (Å²) in [5.74, 6) is -0.476. The highest BCUT2D eigenvalue weighted by atomic mass is 16.5. The predicted molar refractivity (Wildman–Crippen MR) is 70.2 cm³/mol. The molecule has 4 N–H and O–H groups in total. The third-order valence-corrected chi connectivity index (χ3v) is 2.76. The molecule has 2 aromatic carbocycles. The van der Waals surface area contributed by atoms with Crippen LogP contribution in [0.15, 0.2) is 48.5 Å². The summed E-state index contributed by atoms with van der Waals surface area (Å²) in [5, 5.41) is 39.1. The van der Waals surface area contributed by atoms with Gasteiger partial charge >= 0.3 is 0 Å². The Morgan fingerprint density at radius 2 is 1.63 bits per heavy atom. The molecule has 19 heavy (non-hydrogen) atoms. The molecule has 0 heterocycles. The van der Waals surface area contributed by atoms with Gasteiger partial charge in [0, 0.05) is 6.42 Å². The van der Waals surface area contributed by atoms with Crippen LogP contribution in [0.25, 0.3) is 0 Å². The molecule has 1 unspecified atom stereocenters. The number of phenolic OH excluding ortho intramolecular Hbond substituents is 2. The Morgan fingerprint density at radius 1 is 0.947 bits per heavy atom. The molecule has 0 aromatic heterocycles. The Morgan fingerprint density at radius 3 is 2.26 bits per heavy atom. The first kappa shape index (κ1) is 13.2. The fourth-order valence-electron chi connectivity index (χ4n) is 1.75. The lowest BCUT2D eigenvalue weighted by molar-refractivity contribution is 0.0664. The summed E-state index contributed by atoms with van der Waals surface area (Å²) >= 11 is 0. The van der Waals surface area contributed by atoms with Crippen LogP contribution in [-0.4, -0.2) is 26.8 Å². The molecular weight excluding hydrogens is 246 g/mol. The molecule has 100 valence electrons. The summed E-state index contributed by atoms with van der Waals surface area (Å²) in [6.07, 6.45) is -1.04. The van der Waals surface area contributed by atoms with Crippen LogP contribution < -0.4 is 5.06 Å². The molecule has 0 aliphatic rings. The molecular formula is C14H15NO4. The van der Waals surface area contributed by atoms with Crippen LogP contribution in [0.5, 0.6) is 11.5 Å². The predicted octanol–water partition coefficient (Wildman–Crippen LogP) is 1.85. The molecule has 1 atom stereocenters. The summed E-state index contributed by atoms with van der Waals surface area (Å²) in [6, 6.07) is 12.9. The van der Waals surface area contributed by atoms with Crippen molar-refractivity contribution >= 4 is 5.69 Å². The number of para-hydroxylation sites is 1. The van der Waals surface area contributed by atoms with Gasteiger partial charge in [0.1, 0.15) is 0 Å².